The Morgan fingerprint density at radius 3 is 2.14 bits per heavy atom. The number of hydrogen-bond acceptors (Lipinski definition) is 5. The molecule has 0 saturated carbocycles. The zero-order valence-electron chi connectivity index (χ0n) is 16.8. The number of hydrogen-bond donors (Lipinski definition) is 2. The molecule has 148 valence electrons. The van der Waals surface area contributed by atoms with Crippen molar-refractivity contribution in [3.8, 4) is 17.2 Å². The Bertz CT molecular complexity index is 955. The average Bonchev–Trinajstić information content (AvgIpc) is 2.73. The molecule has 3 rings (SSSR count). The molecule has 0 saturated heterocycles. The van der Waals surface area contributed by atoms with Crippen LogP contribution in [0, 0.1) is 0 Å². The maximum Gasteiger partial charge on any atom is 0.161 e. The summed E-state index contributed by atoms with van der Waals surface area (Å²) in [5.41, 5.74) is 3.11. The quantitative estimate of drug-likeness (QED) is 0.598. The van der Waals surface area contributed by atoms with Gasteiger partial charge in [-0.1, -0.05) is 24.3 Å². The van der Waals surface area contributed by atoms with Crippen LogP contribution in [0.15, 0.2) is 48.5 Å². The van der Waals surface area contributed by atoms with E-state index in [1.807, 2.05) is 36.4 Å². The van der Waals surface area contributed by atoms with Crippen molar-refractivity contribution in [3.05, 3.63) is 59.7 Å². The highest BCUT2D eigenvalue weighted by atomic mass is 16.5. The van der Waals surface area contributed by atoms with E-state index in [0.717, 1.165) is 33.3 Å². The minimum Gasteiger partial charge on any atom is -0.496 e. The van der Waals surface area contributed by atoms with Crippen molar-refractivity contribution in [2.45, 2.75) is 19.4 Å². The first-order valence-corrected chi connectivity index (χ1v) is 9.30. The van der Waals surface area contributed by atoms with Crippen LogP contribution in [0.3, 0.4) is 0 Å². The monoisotopic (exact) mass is 381 g/mol. The molecule has 0 radical (unpaired) electrons. The van der Waals surface area contributed by atoms with Gasteiger partial charge < -0.3 is 24.6 Å². The van der Waals surface area contributed by atoms with Crippen LogP contribution in [0.25, 0.3) is 10.8 Å². The molecule has 0 aliphatic rings. The topological polar surface area (TPSA) is 60.0 Å². The van der Waals surface area contributed by atoms with E-state index in [9.17, 15) is 5.11 Å². The molecule has 0 amide bonds. The fraction of sp³-hybridized carbons (Fsp3) is 0.304. The van der Waals surface area contributed by atoms with Crippen LogP contribution < -0.4 is 19.5 Å². The highest BCUT2D eigenvalue weighted by molar-refractivity contribution is 5.98. The lowest BCUT2D eigenvalue weighted by Crippen LogP contribution is -2.11. The molecular weight excluding hydrogens is 354 g/mol. The van der Waals surface area contributed by atoms with E-state index in [-0.39, 0.29) is 12.6 Å². The minimum atomic E-state index is -0.00171. The largest absolute Gasteiger partial charge is 0.496 e. The second kappa shape index (κ2) is 8.85. The second-order valence-electron chi connectivity index (χ2n) is 6.61. The predicted molar refractivity (Wildman–Crippen MR) is 113 cm³/mol. The van der Waals surface area contributed by atoms with Crippen molar-refractivity contribution in [1.29, 1.82) is 0 Å². The van der Waals surface area contributed by atoms with Gasteiger partial charge in [0.1, 0.15) is 5.75 Å². The number of aliphatic hydroxyl groups excluding tert-OH is 1. The number of nitrogens with one attached hydrogen (secondary N) is 1. The molecule has 3 aromatic rings. The van der Waals surface area contributed by atoms with E-state index >= 15 is 0 Å². The van der Waals surface area contributed by atoms with E-state index in [0.29, 0.717) is 17.9 Å². The summed E-state index contributed by atoms with van der Waals surface area (Å²) in [5, 5.41) is 15.3. The van der Waals surface area contributed by atoms with Gasteiger partial charge in [-0.05, 0) is 48.7 Å². The van der Waals surface area contributed by atoms with Crippen LogP contribution in [0.5, 0.6) is 17.2 Å². The van der Waals surface area contributed by atoms with Gasteiger partial charge in [0.25, 0.3) is 0 Å². The summed E-state index contributed by atoms with van der Waals surface area (Å²) >= 11 is 0. The normalized spacial score (nSPS) is 11.9. The third kappa shape index (κ3) is 3.85. The molecule has 0 fully saturated rings. The van der Waals surface area contributed by atoms with Gasteiger partial charge in [-0.15, -0.1) is 0 Å². The standard InChI is InChI=1S/C23H27NO4/c1-15(19-14-23(28-4)22(27-3)13-16(19)11-12-25)24-20-9-10-21(26-2)18-8-6-5-7-17(18)20/h5-10,13-15,24-25H,11-12H2,1-4H3/t15-/m1/s1. The van der Waals surface area contributed by atoms with E-state index in [2.05, 4.69) is 24.4 Å². The summed E-state index contributed by atoms with van der Waals surface area (Å²) in [7, 11) is 4.93. The van der Waals surface area contributed by atoms with Crippen molar-refractivity contribution in [2.75, 3.05) is 33.3 Å². The Balaban J connectivity index is 2.01. The molecule has 0 aliphatic heterocycles. The lowest BCUT2D eigenvalue weighted by molar-refractivity contribution is 0.298. The molecule has 0 bridgehead atoms. The third-order valence-corrected chi connectivity index (χ3v) is 4.97. The summed E-state index contributed by atoms with van der Waals surface area (Å²) < 4.78 is 16.4. The molecule has 0 heterocycles. The first-order valence-electron chi connectivity index (χ1n) is 9.30. The van der Waals surface area contributed by atoms with Crippen LogP contribution in [0.2, 0.25) is 0 Å². The van der Waals surface area contributed by atoms with E-state index in [4.69, 9.17) is 14.2 Å². The van der Waals surface area contributed by atoms with Crippen LogP contribution >= 0.6 is 0 Å². The van der Waals surface area contributed by atoms with Crippen LogP contribution in [-0.2, 0) is 6.42 Å². The Morgan fingerprint density at radius 2 is 1.50 bits per heavy atom. The lowest BCUT2D eigenvalue weighted by atomic mass is 9.97. The molecule has 1 atom stereocenters. The summed E-state index contributed by atoms with van der Waals surface area (Å²) in [6.45, 7) is 2.17. The third-order valence-electron chi connectivity index (χ3n) is 4.97. The zero-order valence-corrected chi connectivity index (χ0v) is 16.8. The Kier molecular flexibility index (Phi) is 6.26. The Labute approximate surface area is 165 Å². The minimum absolute atomic E-state index is 0.00171. The molecular formula is C23H27NO4. The number of fused-ring (bicyclic) bond motifs is 1. The van der Waals surface area contributed by atoms with Crippen molar-refractivity contribution >= 4 is 16.5 Å². The maximum absolute atomic E-state index is 9.50. The van der Waals surface area contributed by atoms with Gasteiger partial charge in [-0.3, -0.25) is 0 Å². The maximum atomic E-state index is 9.50. The summed E-state index contributed by atoms with van der Waals surface area (Å²) in [6, 6.07) is 16.1. The molecule has 3 aromatic carbocycles. The average molecular weight is 381 g/mol. The highest BCUT2D eigenvalue weighted by Crippen LogP contribution is 2.37. The van der Waals surface area contributed by atoms with Gasteiger partial charge in [0.15, 0.2) is 11.5 Å². The van der Waals surface area contributed by atoms with Gasteiger partial charge in [-0.2, -0.15) is 0 Å². The molecule has 0 spiro atoms. The molecule has 0 unspecified atom stereocenters. The molecule has 5 heteroatoms. The van der Waals surface area contributed by atoms with Crippen molar-refractivity contribution < 1.29 is 19.3 Å². The summed E-state index contributed by atoms with van der Waals surface area (Å²) in [4.78, 5) is 0. The van der Waals surface area contributed by atoms with E-state index in [1.165, 1.54) is 0 Å². The highest BCUT2D eigenvalue weighted by Gasteiger charge is 2.17. The number of aliphatic hydroxyl groups is 1. The molecule has 5 nitrogen and oxygen atoms in total. The van der Waals surface area contributed by atoms with Crippen molar-refractivity contribution in [3.63, 3.8) is 0 Å². The number of ether oxygens (including phenoxy) is 3. The number of rotatable bonds is 8. The van der Waals surface area contributed by atoms with Gasteiger partial charge in [0.05, 0.1) is 21.3 Å². The number of methoxy groups -OCH3 is 3. The number of anilines is 1. The van der Waals surface area contributed by atoms with Crippen LogP contribution in [0.1, 0.15) is 24.1 Å². The molecule has 0 aromatic heterocycles. The van der Waals surface area contributed by atoms with Crippen molar-refractivity contribution in [2.24, 2.45) is 0 Å². The van der Waals surface area contributed by atoms with Gasteiger partial charge in [-0.25, -0.2) is 0 Å². The molecule has 28 heavy (non-hydrogen) atoms. The van der Waals surface area contributed by atoms with Gasteiger partial charge in [0, 0.05) is 29.1 Å². The number of benzene rings is 3. The van der Waals surface area contributed by atoms with Crippen LogP contribution in [-0.4, -0.2) is 33.0 Å². The fourth-order valence-corrected chi connectivity index (χ4v) is 3.56. The lowest BCUT2D eigenvalue weighted by Gasteiger charge is -2.22. The molecule has 2 N–H and O–H groups in total. The Hall–Kier alpha value is -2.92. The first kappa shape index (κ1) is 19.8. The second-order valence-corrected chi connectivity index (χ2v) is 6.61. The van der Waals surface area contributed by atoms with E-state index in [1.54, 1.807) is 21.3 Å². The Morgan fingerprint density at radius 1 is 0.857 bits per heavy atom. The van der Waals surface area contributed by atoms with E-state index < -0.39 is 0 Å². The molecule has 0 aliphatic carbocycles. The zero-order chi connectivity index (χ0) is 20.1. The van der Waals surface area contributed by atoms with Crippen LogP contribution in [0.4, 0.5) is 5.69 Å². The smallest absolute Gasteiger partial charge is 0.161 e. The SMILES string of the molecule is COc1cc(CCO)c([C@@H](C)Nc2ccc(OC)c3ccccc23)cc1OC. The van der Waals surface area contributed by atoms with Gasteiger partial charge in [0.2, 0.25) is 0 Å². The van der Waals surface area contributed by atoms with Gasteiger partial charge >= 0.3 is 0 Å². The fourth-order valence-electron chi connectivity index (χ4n) is 3.56. The van der Waals surface area contributed by atoms with Crippen molar-refractivity contribution in [1.82, 2.24) is 0 Å². The summed E-state index contributed by atoms with van der Waals surface area (Å²) in [5.74, 6) is 2.19. The predicted octanol–water partition coefficient (Wildman–Crippen LogP) is 4.57. The summed E-state index contributed by atoms with van der Waals surface area (Å²) in [6.07, 6.45) is 0.547. The first-order chi connectivity index (χ1) is 13.6.